The van der Waals surface area contributed by atoms with Crippen LogP contribution in [0.1, 0.15) is 37.4 Å². The van der Waals surface area contributed by atoms with Gasteiger partial charge in [-0.3, -0.25) is 9.59 Å². The molecule has 3 nitrogen and oxygen atoms in total. The fraction of sp³-hybridized carbons (Fsp3) is 0.0323. The number of benzene rings is 4. The quantitative estimate of drug-likeness (QED) is 0.172. The van der Waals surface area contributed by atoms with Crippen molar-refractivity contribution in [3.63, 3.8) is 0 Å². The Morgan fingerprint density at radius 3 is 1.68 bits per heavy atom. The van der Waals surface area contributed by atoms with Crippen LogP contribution in [-0.4, -0.2) is 16.7 Å². The number of carbonyl (C=O) groups excluding carboxylic acids is 2. The van der Waals surface area contributed by atoms with Gasteiger partial charge >= 0.3 is 0 Å². The molecule has 0 bridgehead atoms. The second kappa shape index (κ2) is 11.7. The summed E-state index contributed by atoms with van der Waals surface area (Å²) in [4.78, 5) is 27.0. The third kappa shape index (κ3) is 6.47. The highest BCUT2D eigenvalue weighted by Gasteiger charge is 2.24. The summed E-state index contributed by atoms with van der Waals surface area (Å²) >= 11 is 15.3. The Bertz CT molecular complexity index is 1430. The SMILES string of the molecule is Cc1cc(O)c(C(=O)/C=C/c2ccc(Cl)cc2)c(-c2ccc(Br)cc2)c1C(=O)/C=C/c1ccc(Cl)cc1. The molecule has 0 radical (unpaired) electrons. The number of aryl methyl sites for hydroxylation is 1. The molecular weight excluding hydrogens is 571 g/mol. The van der Waals surface area contributed by atoms with Crippen LogP contribution in [0.5, 0.6) is 5.75 Å². The third-order valence-electron chi connectivity index (χ3n) is 5.72. The van der Waals surface area contributed by atoms with Gasteiger partial charge in [0.25, 0.3) is 0 Å². The van der Waals surface area contributed by atoms with Gasteiger partial charge in [0.2, 0.25) is 0 Å². The van der Waals surface area contributed by atoms with Crippen molar-refractivity contribution in [3.8, 4) is 16.9 Å². The highest BCUT2D eigenvalue weighted by molar-refractivity contribution is 9.10. The van der Waals surface area contributed by atoms with Crippen LogP contribution in [0, 0.1) is 6.92 Å². The molecular formula is C31H21BrCl2O3. The van der Waals surface area contributed by atoms with Crippen LogP contribution < -0.4 is 0 Å². The lowest BCUT2D eigenvalue weighted by Gasteiger charge is -2.17. The van der Waals surface area contributed by atoms with E-state index in [1.165, 1.54) is 18.2 Å². The molecule has 0 aliphatic rings. The second-order valence-electron chi connectivity index (χ2n) is 8.34. The van der Waals surface area contributed by atoms with Crippen molar-refractivity contribution < 1.29 is 14.7 Å². The first-order valence-corrected chi connectivity index (χ1v) is 12.9. The molecule has 0 amide bonds. The summed E-state index contributed by atoms with van der Waals surface area (Å²) in [5, 5.41) is 12.1. The predicted octanol–water partition coefficient (Wildman–Crippen LogP) is 9.23. The van der Waals surface area contributed by atoms with Crippen LogP contribution >= 0.6 is 39.1 Å². The van der Waals surface area contributed by atoms with Crippen molar-refractivity contribution in [2.45, 2.75) is 6.92 Å². The molecule has 4 rings (SSSR count). The minimum Gasteiger partial charge on any atom is -0.507 e. The third-order valence-corrected chi connectivity index (χ3v) is 6.76. The lowest BCUT2D eigenvalue weighted by molar-refractivity contribution is 0.104. The zero-order valence-electron chi connectivity index (χ0n) is 19.7. The van der Waals surface area contributed by atoms with E-state index in [0.717, 1.165) is 15.6 Å². The van der Waals surface area contributed by atoms with Gasteiger partial charge < -0.3 is 5.11 Å². The zero-order chi connectivity index (χ0) is 26.5. The molecule has 184 valence electrons. The van der Waals surface area contributed by atoms with Gasteiger partial charge in [0.15, 0.2) is 11.6 Å². The highest BCUT2D eigenvalue weighted by atomic mass is 79.9. The summed E-state index contributed by atoms with van der Waals surface area (Å²) in [5.41, 5.74) is 3.54. The van der Waals surface area contributed by atoms with Crippen molar-refractivity contribution in [2.75, 3.05) is 0 Å². The minimum absolute atomic E-state index is 0.0568. The van der Waals surface area contributed by atoms with E-state index in [-0.39, 0.29) is 17.1 Å². The van der Waals surface area contributed by atoms with Crippen LogP contribution in [0.3, 0.4) is 0 Å². The van der Waals surface area contributed by atoms with E-state index >= 15 is 0 Å². The molecule has 0 heterocycles. The number of phenolic OH excluding ortho intramolecular Hbond substituents is 1. The van der Waals surface area contributed by atoms with Gasteiger partial charge in [-0.2, -0.15) is 0 Å². The van der Waals surface area contributed by atoms with Crippen molar-refractivity contribution >= 4 is 62.9 Å². The Balaban J connectivity index is 1.83. The fourth-order valence-corrected chi connectivity index (χ4v) is 4.45. The Hall–Kier alpha value is -3.44. The summed E-state index contributed by atoms with van der Waals surface area (Å²) in [6.45, 7) is 1.74. The zero-order valence-corrected chi connectivity index (χ0v) is 22.8. The molecule has 0 unspecified atom stereocenters. The topological polar surface area (TPSA) is 54.4 Å². The first kappa shape index (κ1) is 26.6. The van der Waals surface area contributed by atoms with Gasteiger partial charge in [0.05, 0.1) is 5.56 Å². The average Bonchev–Trinajstić information content (AvgIpc) is 2.88. The summed E-state index contributed by atoms with van der Waals surface area (Å²) in [6.07, 6.45) is 6.18. The Morgan fingerprint density at radius 1 is 0.730 bits per heavy atom. The summed E-state index contributed by atoms with van der Waals surface area (Å²) in [7, 11) is 0. The molecule has 0 aliphatic carbocycles. The second-order valence-corrected chi connectivity index (χ2v) is 10.1. The van der Waals surface area contributed by atoms with Gasteiger partial charge in [-0.15, -0.1) is 0 Å². The van der Waals surface area contributed by atoms with Crippen molar-refractivity contribution in [2.24, 2.45) is 0 Å². The molecule has 6 heteroatoms. The number of aromatic hydroxyl groups is 1. The standard InChI is InChI=1S/C31H21BrCl2O3/c1-19-18-28(37)31(27(36)17-7-21-4-14-25(34)15-5-21)30(22-8-10-23(32)11-9-22)29(19)26(35)16-6-20-2-12-24(33)13-3-20/h2-18,37H,1H3/b16-6+,17-7+. The maximum atomic E-state index is 13.5. The predicted molar refractivity (Wildman–Crippen MR) is 156 cm³/mol. The van der Waals surface area contributed by atoms with E-state index in [1.54, 1.807) is 67.6 Å². The number of halogens is 3. The number of phenols is 1. The number of ketones is 2. The largest absolute Gasteiger partial charge is 0.507 e. The highest BCUT2D eigenvalue weighted by Crippen LogP contribution is 2.38. The maximum absolute atomic E-state index is 13.5. The molecule has 37 heavy (non-hydrogen) atoms. The first-order chi connectivity index (χ1) is 17.7. The van der Waals surface area contributed by atoms with Crippen molar-refractivity contribution in [1.82, 2.24) is 0 Å². The molecule has 0 fully saturated rings. The van der Waals surface area contributed by atoms with E-state index in [9.17, 15) is 14.7 Å². The van der Waals surface area contributed by atoms with Gasteiger partial charge in [0.1, 0.15) is 5.75 Å². The molecule has 4 aromatic rings. The summed E-state index contributed by atoms with van der Waals surface area (Å²) in [6, 6.07) is 22.8. The maximum Gasteiger partial charge on any atom is 0.190 e. The number of allylic oxidation sites excluding steroid dienone is 2. The Kier molecular flexibility index (Phi) is 8.45. The van der Waals surface area contributed by atoms with E-state index in [1.807, 2.05) is 24.3 Å². The molecule has 0 spiro atoms. The Labute approximate surface area is 233 Å². The molecule has 0 saturated heterocycles. The molecule has 0 atom stereocenters. The van der Waals surface area contributed by atoms with Crippen LogP contribution in [0.15, 0.2) is 95.5 Å². The molecule has 4 aromatic carbocycles. The van der Waals surface area contributed by atoms with E-state index in [4.69, 9.17) is 23.2 Å². The van der Waals surface area contributed by atoms with Gasteiger partial charge in [0, 0.05) is 25.6 Å². The molecule has 0 aromatic heterocycles. The lowest BCUT2D eigenvalue weighted by Crippen LogP contribution is -2.08. The fourth-order valence-electron chi connectivity index (χ4n) is 3.93. The van der Waals surface area contributed by atoms with Crippen LogP contribution in [0.4, 0.5) is 0 Å². The number of hydrogen-bond donors (Lipinski definition) is 1. The summed E-state index contributed by atoms with van der Waals surface area (Å²) in [5.74, 6) is -0.915. The average molecular weight is 592 g/mol. The first-order valence-electron chi connectivity index (χ1n) is 11.3. The van der Waals surface area contributed by atoms with Gasteiger partial charge in [-0.05, 0) is 83.8 Å². The molecule has 0 saturated carbocycles. The number of carbonyl (C=O) groups is 2. The van der Waals surface area contributed by atoms with E-state index in [0.29, 0.717) is 32.3 Å². The van der Waals surface area contributed by atoms with Crippen molar-refractivity contribution in [3.05, 3.63) is 133 Å². The molecule has 1 N–H and O–H groups in total. The van der Waals surface area contributed by atoms with E-state index in [2.05, 4.69) is 15.9 Å². The number of rotatable bonds is 7. The smallest absolute Gasteiger partial charge is 0.190 e. The summed E-state index contributed by atoms with van der Waals surface area (Å²) < 4.78 is 0.846. The monoisotopic (exact) mass is 590 g/mol. The van der Waals surface area contributed by atoms with Gasteiger partial charge in [-0.25, -0.2) is 0 Å². The van der Waals surface area contributed by atoms with Gasteiger partial charge in [-0.1, -0.05) is 87.7 Å². The van der Waals surface area contributed by atoms with Crippen molar-refractivity contribution in [1.29, 1.82) is 0 Å². The lowest BCUT2D eigenvalue weighted by atomic mass is 9.86. The normalized spacial score (nSPS) is 11.4. The number of hydrogen-bond acceptors (Lipinski definition) is 3. The van der Waals surface area contributed by atoms with Crippen LogP contribution in [0.25, 0.3) is 23.3 Å². The van der Waals surface area contributed by atoms with E-state index < -0.39 is 5.78 Å². The molecule has 0 aliphatic heterocycles. The Morgan fingerprint density at radius 2 is 1.19 bits per heavy atom. The minimum atomic E-state index is -0.430. The van der Waals surface area contributed by atoms with Crippen LogP contribution in [0.2, 0.25) is 10.0 Å². The van der Waals surface area contributed by atoms with Crippen LogP contribution in [-0.2, 0) is 0 Å².